The second-order valence-corrected chi connectivity index (χ2v) is 4.63. The topological polar surface area (TPSA) is 103 Å². The number of aromatic nitrogens is 3. The van der Waals surface area contributed by atoms with Crippen LogP contribution in [-0.4, -0.2) is 32.1 Å². The average Bonchev–Trinajstić information content (AvgIpc) is 2.84. The van der Waals surface area contributed by atoms with Crippen LogP contribution < -0.4 is 5.32 Å². The molecule has 0 aliphatic heterocycles. The van der Waals surface area contributed by atoms with Crippen LogP contribution in [-0.2, 0) is 13.5 Å². The van der Waals surface area contributed by atoms with Crippen molar-refractivity contribution >= 4 is 23.2 Å². The van der Waals surface area contributed by atoms with Gasteiger partial charge in [-0.1, -0.05) is 11.6 Å². The molecule has 21 heavy (non-hydrogen) atoms. The Morgan fingerprint density at radius 2 is 2.33 bits per heavy atom. The molecule has 110 valence electrons. The summed E-state index contributed by atoms with van der Waals surface area (Å²) in [6, 6.07) is 2.94. The van der Waals surface area contributed by atoms with Crippen molar-refractivity contribution in [1.82, 2.24) is 20.1 Å². The van der Waals surface area contributed by atoms with Crippen molar-refractivity contribution in [2.24, 2.45) is 7.05 Å². The van der Waals surface area contributed by atoms with Crippen molar-refractivity contribution in [3.05, 3.63) is 51.1 Å². The molecular weight excluding hydrogens is 298 g/mol. The van der Waals surface area contributed by atoms with Gasteiger partial charge >= 0.3 is 0 Å². The summed E-state index contributed by atoms with van der Waals surface area (Å²) in [5.74, 6) is -0.507. The molecule has 0 aromatic carbocycles. The molecule has 8 nitrogen and oxygen atoms in total. The summed E-state index contributed by atoms with van der Waals surface area (Å²) in [4.78, 5) is 25.6. The Kier molecular flexibility index (Phi) is 4.49. The van der Waals surface area contributed by atoms with Crippen LogP contribution in [0.4, 0.5) is 5.69 Å². The molecule has 0 spiro atoms. The summed E-state index contributed by atoms with van der Waals surface area (Å²) >= 11 is 5.78. The molecular formula is C12H12ClN5O3. The number of carbonyl (C=O) groups excluding carboxylic acids is 1. The summed E-state index contributed by atoms with van der Waals surface area (Å²) in [5.41, 5.74) is 0.530. The van der Waals surface area contributed by atoms with E-state index in [2.05, 4.69) is 15.4 Å². The van der Waals surface area contributed by atoms with Crippen LogP contribution in [0.25, 0.3) is 0 Å². The van der Waals surface area contributed by atoms with E-state index in [0.29, 0.717) is 13.0 Å². The van der Waals surface area contributed by atoms with Crippen molar-refractivity contribution in [1.29, 1.82) is 0 Å². The Balaban J connectivity index is 1.99. The van der Waals surface area contributed by atoms with Crippen molar-refractivity contribution in [2.75, 3.05) is 6.54 Å². The van der Waals surface area contributed by atoms with E-state index in [4.69, 9.17) is 11.6 Å². The van der Waals surface area contributed by atoms with Crippen LogP contribution in [0.2, 0.25) is 5.15 Å². The fraction of sp³-hybridized carbons (Fsp3) is 0.250. The van der Waals surface area contributed by atoms with E-state index in [1.807, 2.05) is 6.07 Å². The molecule has 0 fully saturated rings. The van der Waals surface area contributed by atoms with Crippen molar-refractivity contribution in [3.8, 4) is 0 Å². The minimum atomic E-state index is -0.631. The van der Waals surface area contributed by atoms with Gasteiger partial charge in [0.1, 0.15) is 11.3 Å². The highest BCUT2D eigenvalue weighted by Gasteiger charge is 2.16. The van der Waals surface area contributed by atoms with Crippen LogP contribution in [0.15, 0.2) is 24.5 Å². The molecule has 2 aromatic rings. The first kappa shape index (κ1) is 14.9. The largest absolute Gasteiger partial charge is 0.352 e. The molecule has 1 amide bonds. The van der Waals surface area contributed by atoms with E-state index in [1.54, 1.807) is 17.9 Å². The summed E-state index contributed by atoms with van der Waals surface area (Å²) < 4.78 is 1.67. The van der Waals surface area contributed by atoms with E-state index >= 15 is 0 Å². The van der Waals surface area contributed by atoms with Gasteiger partial charge in [0, 0.05) is 32.3 Å². The number of nitro groups is 1. The molecule has 0 aliphatic carbocycles. The molecule has 0 bridgehead atoms. The van der Waals surface area contributed by atoms with Crippen molar-refractivity contribution in [3.63, 3.8) is 0 Å². The lowest BCUT2D eigenvalue weighted by Gasteiger charge is -2.05. The summed E-state index contributed by atoms with van der Waals surface area (Å²) in [7, 11) is 1.80. The van der Waals surface area contributed by atoms with Gasteiger partial charge in [-0.3, -0.25) is 19.6 Å². The van der Waals surface area contributed by atoms with Gasteiger partial charge in [0.25, 0.3) is 11.6 Å². The third kappa shape index (κ3) is 3.76. The van der Waals surface area contributed by atoms with Crippen molar-refractivity contribution in [2.45, 2.75) is 6.42 Å². The fourth-order valence-corrected chi connectivity index (χ4v) is 1.88. The Morgan fingerprint density at radius 3 is 2.95 bits per heavy atom. The number of rotatable bonds is 5. The minimum Gasteiger partial charge on any atom is -0.352 e. The standard InChI is InChI=1S/C12H12ClN5O3/c1-17-5-3-8(16-17)2-4-14-12(19)10-6-9(18(20)21)7-15-11(10)13/h3,5-7H,2,4H2,1H3,(H,14,19). The van der Waals surface area contributed by atoms with Crippen LogP contribution in [0.1, 0.15) is 16.1 Å². The number of amides is 1. The maximum Gasteiger partial charge on any atom is 0.288 e. The number of halogens is 1. The van der Waals surface area contributed by atoms with Gasteiger partial charge in [-0.15, -0.1) is 0 Å². The summed E-state index contributed by atoms with van der Waals surface area (Å²) in [5, 5.41) is 17.4. The highest BCUT2D eigenvalue weighted by molar-refractivity contribution is 6.32. The van der Waals surface area contributed by atoms with Crippen LogP contribution >= 0.6 is 11.6 Å². The average molecular weight is 310 g/mol. The van der Waals surface area contributed by atoms with E-state index < -0.39 is 10.8 Å². The van der Waals surface area contributed by atoms with Gasteiger partial charge in [-0.25, -0.2) is 4.98 Å². The number of hydrogen-bond donors (Lipinski definition) is 1. The third-order valence-electron chi connectivity index (χ3n) is 2.72. The lowest BCUT2D eigenvalue weighted by Crippen LogP contribution is -2.26. The first-order chi connectivity index (χ1) is 9.97. The van der Waals surface area contributed by atoms with Gasteiger partial charge in [-0.05, 0) is 6.07 Å². The van der Waals surface area contributed by atoms with E-state index in [1.165, 1.54) is 0 Å². The number of aryl methyl sites for hydroxylation is 1. The van der Waals surface area contributed by atoms with Crippen LogP contribution in [0.5, 0.6) is 0 Å². The zero-order chi connectivity index (χ0) is 15.4. The van der Waals surface area contributed by atoms with Gasteiger partial charge in [0.05, 0.1) is 16.2 Å². The fourth-order valence-electron chi connectivity index (χ4n) is 1.69. The normalized spacial score (nSPS) is 10.4. The molecule has 9 heteroatoms. The zero-order valence-corrected chi connectivity index (χ0v) is 11.9. The highest BCUT2D eigenvalue weighted by Crippen LogP contribution is 2.18. The molecule has 0 unspecified atom stereocenters. The smallest absolute Gasteiger partial charge is 0.288 e. The number of pyridine rings is 1. The maximum absolute atomic E-state index is 12.0. The van der Waals surface area contributed by atoms with Crippen LogP contribution in [0.3, 0.4) is 0 Å². The summed E-state index contributed by atoms with van der Waals surface area (Å²) in [6.07, 6.45) is 3.36. The molecule has 2 heterocycles. The maximum atomic E-state index is 12.0. The molecule has 2 rings (SSSR count). The molecule has 0 atom stereocenters. The minimum absolute atomic E-state index is 0.0214. The van der Waals surface area contributed by atoms with E-state index in [9.17, 15) is 14.9 Å². The molecule has 0 saturated carbocycles. The third-order valence-corrected chi connectivity index (χ3v) is 3.02. The first-order valence-corrected chi connectivity index (χ1v) is 6.42. The zero-order valence-electron chi connectivity index (χ0n) is 11.1. The second kappa shape index (κ2) is 6.31. The quantitative estimate of drug-likeness (QED) is 0.510. The number of nitrogens with one attached hydrogen (secondary N) is 1. The molecule has 0 radical (unpaired) electrons. The highest BCUT2D eigenvalue weighted by atomic mass is 35.5. The van der Waals surface area contributed by atoms with Crippen molar-refractivity contribution < 1.29 is 9.72 Å². The second-order valence-electron chi connectivity index (χ2n) is 4.28. The van der Waals surface area contributed by atoms with Crippen LogP contribution in [0, 0.1) is 10.1 Å². The van der Waals surface area contributed by atoms with Gasteiger partial charge in [-0.2, -0.15) is 5.10 Å². The lowest BCUT2D eigenvalue weighted by atomic mass is 10.2. The Bertz CT molecular complexity index is 685. The van der Waals surface area contributed by atoms with E-state index in [-0.39, 0.29) is 16.4 Å². The number of hydrogen-bond acceptors (Lipinski definition) is 5. The van der Waals surface area contributed by atoms with E-state index in [0.717, 1.165) is 18.0 Å². The Labute approximate surface area is 124 Å². The molecule has 0 aliphatic rings. The Morgan fingerprint density at radius 1 is 1.57 bits per heavy atom. The number of nitrogens with zero attached hydrogens (tertiary/aromatic N) is 4. The monoisotopic (exact) mass is 309 g/mol. The predicted octanol–water partition coefficient (Wildman–Crippen LogP) is 1.35. The summed E-state index contributed by atoms with van der Waals surface area (Å²) in [6.45, 7) is 0.342. The number of carbonyl (C=O) groups is 1. The van der Waals surface area contributed by atoms with Gasteiger partial charge < -0.3 is 5.32 Å². The molecule has 0 saturated heterocycles. The first-order valence-electron chi connectivity index (χ1n) is 6.04. The Hall–Kier alpha value is -2.48. The van der Waals surface area contributed by atoms with Gasteiger partial charge in [0.15, 0.2) is 0 Å². The predicted molar refractivity (Wildman–Crippen MR) is 75.1 cm³/mol. The SMILES string of the molecule is Cn1ccc(CCNC(=O)c2cc([N+](=O)[O-])cnc2Cl)n1. The molecule has 1 N–H and O–H groups in total. The van der Waals surface area contributed by atoms with Gasteiger partial charge in [0.2, 0.25) is 0 Å². The molecule has 2 aromatic heterocycles. The lowest BCUT2D eigenvalue weighted by molar-refractivity contribution is -0.385.